The number of rotatable bonds is 5. The minimum Gasteiger partial charge on any atom is -0.451 e. The molecule has 2 N–H and O–H groups in total. The van der Waals surface area contributed by atoms with Crippen molar-refractivity contribution in [3.63, 3.8) is 0 Å². The van der Waals surface area contributed by atoms with Crippen LogP contribution < -0.4 is 5.32 Å². The van der Waals surface area contributed by atoms with Crippen molar-refractivity contribution >= 4 is 16.9 Å². The molecule has 134 valence electrons. The number of fused-ring (bicyclic) bond motifs is 1. The average Bonchev–Trinajstić information content (AvgIpc) is 3.02. The van der Waals surface area contributed by atoms with E-state index < -0.39 is 0 Å². The van der Waals surface area contributed by atoms with E-state index in [0.29, 0.717) is 17.8 Å². The Balaban J connectivity index is 1.52. The number of carbonyl (C=O) groups is 1. The van der Waals surface area contributed by atoms with Crippen LogP contribution in [0.4, 0.5) is 0 Å². The molecule has 0 unspecified atom stereocenters. The monoisotopic (exact) mass is 350 g/mol. The topological polar surface area (TPSA) is 75.4 Å². The molecule has 1 saturated carbocycles. The third-order valence-electron chi connectivity index (χ3n) is 5.14. The number of aryl methyl sites for hydroxylation is 1. The van der Waals surface area contributed by atoms with Gasteiger partial charge in [-0.15, -0.1) is 0 Å². The minimum atomic E-state index is -0.258. The maximum atomic E-state index is 12.7. The fraction of sp³-hybridized carbons (Fsp3) is 0.333. The fourth-order valence-electron chi connectivity index (χ4n) is 3.58. The molecule has 1 amide bonds. The maximum absolute atomic E-state index is 12.7. The normalized spacial score (nSPS) is 20.5. The number of aliphatic hydroxyl groups is 1. The number of nitrogens with zero attached hydrogens (tertiary/aromatic N) is 1. The Hall–Kier alpha value is -2.66. The summed E-state index contributed by atoms with van der Waals surface area (Å²) >= 11 is 0. The van der Waals surface area contributed by atoms with Gasteiger partial charge >= 0.3 is 0 Å². The van der Waals surface area contributed by atoms with E-state index in [-0.39, 0.29) is 24.0 Å². The first kappa shape index (κ1) is 16.8. The number of benzene rings is 1. The lowest BCUT2D eigenvalue weighted by molar-refractivity contribution is 0.0236. The highest BCUT2D eigenvalue weighted by Crippen LogP contribution is 2.32. The zero-order chi connectivity index (χ0) is 18.1. The SMILES string of the molecule is Cc1ccc2oc(C(=O)N[C@H](Cc3ccncc3)C3CC(O)C3)cc2c1. The second-order valence-corrected chi connectivity index (χ2v) is 7.18. The Morgan fingerprint density at radius 1 is 1.27 bits per heavy atom. The number of hydrogen-bond donors (Lipinski definition) is 2. The van der Waals surface area contributed by atoms with Crippen molar-refractivity contribution in [3.8, 4) is 0 Å². The number of hydrogen-bond acceptors (Lipinski definition) is 4. The van der Waals surface area contributed by atoms with Crippen LogP contribution in [0, 0.1) is 12.8 Å². The largest absolute Gasteiger partial charge is 0.451 e. The number of pyridine rings is 1. The molecular formula is C21H22N2O3. The summed E-state index contributed by atoms with van der Waals surface area (Å²) in [5.41, 5.74) is 2.96. The highest BCUT2D eigenvalue weighted by molar-refractivity contribution is 5.96. The van der Waals surface area contributed by atoms with Crippen molar-refractivity contribution < 1.29 is 14.3 Å². The van der Waals surface area contributed by atoms with Crippen LogP contribution in [0.3, 0.4) is 0 Å². The molecule has 5 nitrogen and oxygen atoms in total. The first-order valence-corrected chi connectivity index (χ1v) is 8.96. The van der Waals surface area contributed by atoms with Gasteiger partial charge in [0, 0.05) is 23.8 Å². The van der Waals surface area contributed by atoms with E-state index in [2.05, 4.69) is 10.3 Å². The molecule has 0 spiro atoms. The van der Waals surface area contributed by atoms with Gasteiger partial charge in [0.1, 0.15) is 5.58 Å². The Bertz CT molecular complexity index is 913. The highest BCUT2D eigenvalue weighted by atomic mass is 16.3. The van der Waals surface area contributed by atoms with Gasteiger partial charge in [-0.05, 0) is 68.0 Å². The van der Waals surface area contributed by atoms with Crippen molar-refractivity contribution in [1.82, 2.24) is 10.3 Å². The van der Waals surface area contributed by atoms with Crippen LogP contribution in [0.5, 0.6) is 0 Å². The van der Waals surface area contributed by atoms with Crippen molar-refractivity contribution in [2.75, 3.05) is 0 Å². The smallest absolute Gasteiger partial charge is 0.287 e. The summed E-state index contributed by atoms with van der Waals surface area (Å²) in [6.07, 6.45) is 5.40. The summed E-state index contributed by atoms with van der Waals surface area (Å²) < 4.78 is 5.72. The highest BCUT2D eigenvalue weighted by Gasteiger charge is 2.35. The predicted octanol–water partition coefficient (Wildman–Crippen LogP) is 3.25. The molecule has 1 atom stereocenters. The van der Waals surface area contributed by atoms with E-state index in [1.165, 1.54) is 0 Å². The lowest BCUT2D eigenvalue weighted by Crippen LogP contribution is -2.48. The van der Waals surface area contributed by atoms with Crippen LogP contribution in [0.1, 0.15) is 34.5 Å². The number of nitrogens with one attached hydrogen (secondary N) is 1. The molecule has 26 heavy (non-hydrogen) atoms. The predicted molar refractivity (Wildman–Crippen MR) is 98.9 cm³/mol. The number of carbonyl (C=O) groups excluding carboxylic acids is 1. The number of furan rings is 1. The van der Waals surface area contributed by atoms with Gasteiger partial charge in [-0.2, -0.15) is 0 Å². The molecule has 1 aromatic carbocycles. The average molecular weight is 350 g/mol. The van der Waals surface area contributed by atoms with Gasteiger partial charge in [0.2, 0.25) is 0 Å². The lowest BCUT2D eigenvalue weighted by Gasteiger charge is -2.38. The van der Waals surface area contributed by atoms with Crippen LogP contribution >= 0.6 is 0 Å². The summed E-state index contributed by atoms with van der Waals surface area (Å²) in [5.74, 6) is 0.387. The summed E-state index contributed by atoms with van der Waals surface area (Å²) in [7, 11) is 0. The third kappa shape index (κ3) is 3.48. The Kier molecular flexibility index (Phi) is 4.47. The van der Waals surface area contributed by atoms with Crippen LogP contribution in [0.2, 0.25) is 0 Å². The van der Waals surface area contributed by atoms with Gasteiger partial charge < -0.3 is 14.8 Å². The van der Waals surface area contributed by atoms with E-state index in [9.17, 15) is 9.90 Å². The summed E-state index contributed by atoms with van der Waals surface area (Å²) in [6, 6.07) is 11.5. The molecule has 0 radical (unpaired) electrons. The van der Waals surface area contributed by atoms with Gasteiger partial charge in [0.15, 0.2) is 5.76 Å². The van der Waals surface area contributed by atoms with E-state index in [1.54, 1.807) is 18.5 Å². The summed E-state index contributed by atoms with van der Waals surface area (Å²) in [6.45, 7) is 2.01. The molecule has 3 aromatic rings. The Morgan fingerprint density at radius 3 is 2.77 bits per heavy atom. The molecular weight excluding hydrogens is 328 g/mol. The molecule has 0 aliphatic heterocycles. The van der Waals surface area contributed by atoms with Crippen molar-refractivity contribution in [3.05, 3.63) is 65.7 Å². The van der Waals surface area contributed by atoms with Gasteiger partial charge in [-0.3, -0.25) is 9.78 Å². The summed E-state index contributed by atoms with van der Waals surface area (Å²) in [5, 5.41) is 13.7. The molecule has 0 saturated heterocycles. The second kappa shape index (κ2) is 6.92. The van der Waals surface area contributed by atoms with Crippen LogP contribution in [-0.2, 0) is 6.42 Å². The molecule has 1 fully saturated rings. The number of aromatic nitrogens is 1. The van der Waals surface area contributed by atoms with Crippen LogP contribution in [0.25, 0.3) is 11.0 Å². The molecule has 4 rings (SSSR count). The Morgan fingerprint density at radius 2 is 2.04 bits per heavy atom. The molecule has 0 bridgehead atoms. The zero-order valence-electron chi connectivity index (χ0n) is 14.7. The fourth-order valence-corrected chi connectivity index (χ4v) is 3.58. The molecule has 2 aromatic heterocycles. The standard InChI is InChI=1S/C21H22N2O3/c1-13-2-3-19-16(8-13)12-20(26-19)21(25)23-18(15-10-17(24)11-15)9-14-4-6-22-7-5-14/h2-8,12,15,17-18,24H,9-11H2,1H3,(H,23,25)/t15?,17?,18-/m1/s1. The first-order valence-electron chi connectivity index (χ1n) is 8.96. The number of aliphatic hydroxyl groups excluding tert-OH is 1. The minimum absolute atomic E-state index is 0.0387. The van der Waals surface area contributed by atoms with Gasteiger partial charge in [0.25, 0.3) is 5.91 Å². The van der Waals surface area contributed by atoms with Crippen LogP contribution in [-0.4, -0.2) is 28.1 Å². The summed E-state index contributed by atoms with van der Waals surface area (Å²) in [4.78, 5) is 16.8. The molecule has 2 heterocycles. The van der Waals surface area contributed by atoms with Crippen LogP contribution in [0.15, 0.2) is 53.2 Å². The van der Waals surface area contributed by atoms with Crippen molar-refractivity contribution in [2.45, 2.75) is 38.3 Å². The number of amides is 1. The molecule has 5 heteroatoms. The van der Waals surface area contributed by atoms with Crippen molar-refractivity contribution in [1.29, 1.82) is 0 Å². The molecule has 1 aliphatic carbocycles. The second-order valence-electron chi connectivity index (χ2n) is 7.18. The van der Waals surface area contributed by atoms with E-state index in [0.717, 1.165) is 29.4 Å². The third-order valence-corrected chi connectivity index (χ3v) is 5.14. The first-order chi connectivity index (χ1) is 12.6. The molecule has 1 aliphatic rings. The van der Waals surface area contributed by atoms with Gasteiger partial charge in [0.05, 0.1) is 6.10 Å². The van der Waals surface area contributed by atoms with E-state index in [1.807, 2.05) is 37.3 Å². The van der Waals surface area contributed by atoms with Gasteiger partial charge in [-0.1, -0.05) is 11.6 Å². The van der Waals surface area contributed by atoms with Gasteiger partial charge in [-0.25, -0.2) is 0 Å². The van der Waals surface area contributed by atoms with E-state index >= 15 is 0 Å². The Labute approximate surface area is 152 Å². The quantitative estimate of drug-likeness (QED) is 0.741. The van der Waals surface area contributed by atoms with E-state index in [4.69, 9.17) is 4.42 Å². The van der Waals surface area contributed by atoms with Crippen molar-refractivity contribution in [2.24, 2.45) is 5.92 Å². The zero-order valence-corrected chi connectivity index (χ0v) is 14.7. The maximum Gasteiger partial charge on any atom is 0.287 e. The lowest BCUT2D eigenvalue weighted by atomic mass is 9.75.